The highest BCUT2D eigenvalue weighted by molar-refractivity contribution is 7.12. The minimum atomic E-state index is -0.522. The van der Waals surface area contributed by atoms with Gasteiger partial charge in [0, 0.05) is 51.8 Å². The number of ether oxygens (including phenoxy) is 1. The summed E-state index contributed by atoms with van der Waals surface area (Å²) < 4.78 is 5.84. The third-order valence-corrected chi connectivity index (χ3v) is 7.92. The number of carbonyl (C=O) groups excluding carboxylic acids is 3. The van der Waals surface area contributed by atoms with Crippen LogP contribution in [0.3, 0.4) is 0 Å². The normalized spacial score (nSPS) is 28.2. The molecule has 1 aromatic heterocycles. The molecule has 3 saturated heterocycles. The highest BCUT2D eigenvalue weighted by Gasteiger charge is 2.47. The average molecular weight is 461 g/mol. The van der Waals surface area contributed by atoms with E-state index in [0.717, 1.165) is 45.4 Å². The van der Waals surface area contributed by atoms with Crippen molar-refractivity contribution in [3.05, 3.63) is 22.4 Å². The fourth-order valence-corrected chi connectivity index (χ4v) is 5.81. The number of piperazine rings is 1. The molecule has 9 heteroatoms. The molecule has 5 rings (SSSR count). The first-order valence-corrected chi connectivity index (χ1v) is 12.8. The maximum atomic E-state index is 13.5. The number of amides is 3. The van der Waals surface area contributed by atoms with Crippen molar-refractivity contribution < 1.29 is 19.1 Å². The molecule has 1 aliphatic carbocycles. The fraction of sp³-hybridized carbons (Fsp3) is 0.696. The van der Waals surface area contributed by atoms with E-state index < -0.39 is 6.04 Å². The first kappa shape index (κ1) is 21.9. The minimum absolute atomic E-state index is 0.00911. The van der Waals surface area contributed by atoms with Gasteiger partial charge in [-0.1, -0.05) is 6.07 Å². The molecule has 3 atom stereocenters. The molecule has 4 heterocycles. The predicted molar refractivity (Wildman–Crippen MR) is 120 cm³/mol. The number of nitrogens with zero attached hydrogens (tertiary/aromatic N) is 3. The molecule has 1 aromatic rings. The Morgan fingerprint density at radius 2 is 2.00 bits per heavy atom. The summed E-state index contributed by atoms with van der Waals surface area (Å²) in [5.41, 5.74) is 0. The van der Waals surface area contributed by atoms with E-state index in [2.05, 4.69) is 5.32 Å². The van der Waals surface area contributed by atoms with E-state index in [1.165, 1.54) is 11.3 Å². The van der Waals surface area contributed by atoms with E-state index in [-0.39, 0.29) is 35.8 Å². The largest absolute Gasteiger partial charge is 0.376 e. The summed E-state index contributed by atoms with van der Waals surface area (Å²) in [7, 11) is 0. The molecule has 8 nitrogen and oxygen atoms in total. The van der Waals surface area contributed by atoms with Gasteiger partial charge in [-0.25, -0.2) is 0 Å². The summed E-state index contributed by atoms with van der Waals surface area (Å²) in [6.45, 7) is 4.56. The zero-order chi connectivity index (χ0) is 22.1. The molecule has 4 fully saturated rings. The van der Waals surface area contributed by atoms with Crippen molar-refractivity contribution in [1.29, 1.82) is 0 Å². The maximum absolute atomic E-state index is 13.5. The van der Waals surface area contributed by atoms with Crippen LogP contribution in [-0.2, 0) is 14.3 Å². The smallest absolute Gasteiger partial charge is 0.264 e. The van der Waals surface area contributed by atoms with Gasteiger partial charge < -0.3 is 24.8 Å². The molecule has 1 N–H and O–H groups in total. The number of hydrogen-bond donors (Lipinski definition) is 1. The van der Waals surface area contributed by atoms with E-state index in [9.17, 15) is 14.4 Å². The Morgan fingerprint density at radius 1 is 1.19 bits per heavy atom. The van der Waals surface area contributed by atoms with Crippen molar-refractivity contribution in [3.8, 4) is 0 Å². The first-order chi connectivity index (χ1) is 15.6. The van der Waals surface area contributed by atoms with Crippen molar-refractivity contribution >= 4 is 29.1 Å². The van der Waals surface area contributed by atoms with Crippen LogP contribution in [0.15, 0.2) is 17.5 Å². The first-order valence-electron chi connectivity index (χ1n) is 11.9. The lowest BCUT2D eigenvalue weighted by Gasteiger charge is -2.32. The van der Waals surface area contributed by atoms with Gasteiger partial charge >= 0.3 is 0 Å². The Balaban J connectivity index is 1.38. The Kier molecular flexibility index (Phi) is 6.48. The highest BCUT2D eigenvalue weighted by Crippen LogP contribution is 2.35. The number of thiophene rings is 1. The highest BCUT2D eigenvalue weighted by atomic mass is 32.1. The van der Waals surface area contributed by atoms with Gasteiger partial charge in [0.15, 0.2) is 0 Å². The number of likely N-dealkylation sites (tertiary alicyclic amines) is 1. The van der Waals surface area contributed by atoms with Gasteiger partial charge in [-0.2, -0.15) is 0 Å². The summed E-state index contributed by atoms with van der Waals surface area (Å²) in [6.07, 6.45) is 4.42. The summed E-state index contributed by atoms with van der Waals surface area (Å²) in [5.74, 6) is 0.173. The molecule has 0 bridgehead atoms. The molecule has 3 unspecified atom stereocenters. The van der Waals surface area contributed by atoms with Gasteiger partial charge in [0.1, 0.15) is 6.04 Å². The second-order valence-corrected chi connectivity index (χ2v) is 10.3. The molecule has 3 aliphatic heterocycles. The molecule has 0 aromatic carbocycles. The zero-order valence-electron chi connectivity index (χ0n) is 18.4. The summed E-state index contributed by atoms with van der Waals surface area (Å²) in [5, 5.41) is 5.16. The molecule has 174 valence electrons. The number of nitrogens with one attached hydrogen (secondary N) is 1. The second-order valence-electron chi connectivity index (χ2n) is 9.32. The third kappa shape index (κ3) is 4.56. The van der Waals surface area contributed by atoms with Crippen LogP contribution in [0.1, 0.15) is 41.8 Å². The van der Waals surface area contributed by atoms with Crippen LogP contribution in [0.2, 0.25) is 0 Å². The van der Waals surface area contributed by atoms with Crippen LogP contribution in [0.4, 0.5) is 0 Å². The second kappa shape index (κ2) is 9.49. The van der Waals surface area contributed by atoms with Gasteiger partial charge in [-0.15, -0.1) is 11.3 Å². The van der Waals surface area contributed by atoms with Crippen LogP contribution in [0.5, 0.6) is 0 Å². The average Bonchev–Trinajstić information content (AvgIpc) is 3.22. The maximum Gasteiger partial charge on any atom is 0.264 e. The zero-order valence-corrected chi connectivity index (χ0v) is 19.2. The van der Waals surface area contributed by atoms with Crippen LogP contribution in [-0.4, -0.2) is 96.5 Å². The summed E-state index contributed by atoms with van der Waals surface area (Å²) >= 11 is 1.40. The van der Waals surface area contributed by atoms with E-state index in [1.807, 2.05) is 27.3 Å². The summed E-state index contributed by atoms with van der Waals surface area (Å²) in [6, 6.07) is 3.00. The standard InChI is InChI=1S/C23H32N4O4S/c28-21(16-5-6-16)26(15-18-3-1-11-31-18)17-13-19(22(29)25-9-7-24-8-10-25)27(14-17)23(30)20-4-2-12-32-20/h2,4,12,16-19,24H,1,3,5-11,13-15H2. The van der Waals surface area contributed by atoms with Crippen LogP contribution >= 0.6 is 11.3 Å². The van der Waals surface area contributed by atoms with Gasteiger partial charge in [0.05, 0.1) is 17.0 Å². The van der Waals surface area contributed by atoms with Crippen molar-refractivity contribution in [2.24, 2.45) is 5.92 Å². The fourth-order valence-electron chi connectivity index (χ4n) is 5.13. The number of carbonyl (C=O) groups is 3. The quantitative estimate of drug-likeness (QED) is 0.690. The van der Waals surface area contributed by atoms with Crippen LogP contribution < -0.4 is 5.32 Å². The van der Waals surface area contributed by atoms with Crippen molar-refractivity contribution in [1.82, 2.24) is 20.0 Å². The molecular formula is C23H32N4O4S. The molecule has 0 spiro atoms. The lowest BCUT2D eigenvalue weighted by Crippen LogP contribution is -2.53. The third-order valence-electron chi connectivity index (χ3n) is 7.06. The number of rotatable bonds is 6. The van der Waals surface area contributed by atoms with E-state index in [4.69, 9.17) is 4.74 Å². The van der Waals surface area contributed by atoms with Gasteiger partial charge in [-0.05, 0) is 43.6 Å². The van der Waals surface area contributed by atoms with Gasteiger partial charge in [-0.3, -0.25) is 14.4 Å². The van der Waals surface area contributed by atoms with Crippen molar-refractivity contribution in [3.63, 3.8) is 0 Å². The van der Waals surface area contributed by atoms with Crippen molar-refractivity contribution in [2.75, 3.05) is 45.9 Å². The molecule has 0 radical (unpaired) electrons. The molecule has 1 saturated carbocycles. The van der Waals surface area contributed by atoms with E-state index >= 15 is 0 Å². The lowest BCUT2D eigenvalue weighted by atomic mass is 10.1. The Hall–Kier alpha value is -1.97. The lowest BCUT2D eigenvalue weighted by molar-refractivity contribution is -0.138. The Bertz CT molecular complexity index is 831. The van der Waals surface area contributed by atoms with Gasteiger partial charge in [0.25, 0.3) is 5.91 Å². The minimum Gasteiger partial charge on any atom is -0.376 e. The van der Waals surface area contributed by atoms with E-state index in [1.54, 1.807) is 4.90 Å². The Labute approximate surface area is 192 Å². The SMILES string of the molecule is O=C(C1CC(N(CC2CCCO2)C(=O)C2CC2)CN1C(=O)c1cccs1)N1CCNCC1. The molecular weight excluding hydrogens is 428 g/mol. The topological polar surface area (TPSA) is 82.2 Å². The molecule has 32 heavy (non-hydrogen) atoms. The van der Waals surface area contributed by atoms with Gasteiger partial charge in [0.2, 0.25) is 11.8 Å². The van der Waals surface area contributed by atoms with Crippen LogP contribution in [0, 0.1) is 5.92 Å². The van der Waals surface area contributed by atoms with E-state index in [0.29, 0.717) is 37.5 Å². The predicted octanol–water partition coefficient (Wildman–Crippen LogP) is 1.18. The number of hydrogen-bond acceptors (Lipinski definition) is 6. The Morgan fingerprint density at radius 3 is 2.66 bits per heavy atom. The monoisotopic (exact) mass is 460 g/mol. The molecule has 3 amide bonds. The molecule has 4 aliphatic rings. The summed E-state index contributed by atoms with van der Waals surface area (Å²) in [4.78, 5) is 46.3. The van der Waals surface area contributed by atoms with Crippen molar-refractivity contribution in [2.45, 2.75) is 50.3 Å². The van der Waals surface area contributed by atoms with Crippen LogP contribution in [0.25, 0.3) is 0 Å².